The Balaban J connectivity index is 1.10. The number of aromatic nitrogens is 3. The second-order valence-corrected chi connectivity index (χ2v) is 16.2. The highest BCUT2D eigenvalue weighted by atomic mass is 19.1. The van der Waals surface area contributed by atoms with Crippen molar-refractivity contribution in [2.24, 2.45) is 5.92 Å². The molecule has 1 aliphatic carbocycles. The van der Waals surface area contributed by atoms with Gasteiger partial charge in [-0.3, -0.25) is 14.7 Å². The van der Waals surface area contributed by atoms with Crippen molar-refractivity contribution in [1.29, 1.82) is 0 Å². The molecule has 0 bridgehead atoms. The maximum absolute atomic E-state index is 14.5. The first-order valence-corrected chi connectivity index (χ1v) is 20.7. The molecule has 2 unspecified atom stereocenters. The third kappa shape index (κ3) is 10.1. The standard InChI is InChI=1S/C45H58FN7O4/c1-6-53(31(2)3)45(54)36-27-34(46)14-15-38(36)57-41-28-47-30-49-44(41)51-21-17-35(18-22-51)56-39-16-20-48-37-19-23-52(29-33-10-8-7-9-11-33)43(42(37)39)40(26-32-12-13-32)55-25-24-50(4)5/h7-11,14-16,20,27-28,30-32,35,40,43H,6,12-13,17-19,21-26,29H2,1-5H3. The van der Waals surface area contributed by atoms with Gasteiger partial charge in [-0.15, -0.1) is 0 Å². The molecular formula is C45H58FN7O4. The highest BCUT2D eigenvalue weighted by molar-refractivity contribution is 5.97. The largest absolute Gasteiger partial charge is 0.490 e. The topological polar surface area (TPSA) is 96.4 Å². The van der Waals surface area contributed by atoms with E-state index in [2.05, 4.69) is 75.2 Å². The fourth-order valence-electron chi connectivity index (χ4n) is 8.22. The molecule has 2 aliphatic heterocycles. The number of hydrogen-bond acceptors (Lipinski definition) is 10. The Morgan fingerprint density at radius 2 is 1.75 bits per heavy atom. The highest BCUT2D eigenvalue weighted by Crippen LogP contribution is 2.45. The van der Waals surface area contributed by atoms with E-state index in [-0.39, 0.29) is 41.5 Å². The predicted molar refractivity (Wildman–Crippen MR) is 219 cm³/mol. The van der Waals surface area contributed by atoms with E-state index in [1.807, 2.05) is 27.0 Å². The van der Waals surface area contributed by atoms with Gasteiger partial charge in [0.25, 0.3) is 5.91 Å². The van der Waals surface area contributed by atoms with Gasteiger partial charge >= 0.3 is 0 Å². The van der Waals surface area contributed by atoms with Crippen molar-refractivity contribution in [3.05, 3.63) is 102 Å². The van der Waals surface area contributed by atoms with E-state index in [9.17, 15) is 9.18 Å². The zero-order chi connectivity index (χ0) is 39.9. The Bertz CT molecular complexity index is 1940. The van der Waals surface area contributed by atoms with Gasteiger partial charge in [0.15, 0.2) is 11.6 Å². The molecule has 12 heteroatoms. The lowest BCUT2D eigenvalue weighted by atomic mass is 9.88. The van der Waals surface area contributed by atoms with Crippen LogP contribution in [-0.2, 0) is 17.7 Å². The lowest BCUT2D eigenvalue weighted by Gasteiger charge is -2.42. The first-order valence-electron chi connectivity index (χ1n) is 20.7. The minimum atomic E-state index is -0.502. The molecule has 0 N–H and O–H groups in total. The Labute approximate surface area is 337 Å². The number of halogens is 1. The van der Waals surface area contributed by atoms with E-state index >= 15 is 0 Å². The number of fused-ring (bicyclic) bond motifs is 1. The van der Waals surface area contributed by atoms with E-state index in [1.54, 1.807) is 11.1 Å². The van der Waals surface area contributed by atoms with Crippen LogP contribution >= 0.6 is 0 Å². The molecule has 2 aromatic carbocycles. The fourth-order valence-corrected chi connectivity index (χ4v) is 8.22. The number of ether oxygens (including phenoxy) is 3. The molecule has 2 aromatic heterocycles. The van der Waals surface area contributed by atoms with E-state index in [1.165, 1.54) is 48.5 Å². The van der Waals surface area contributed by atoms with E-state index in [0.717, 1.165) is 56.8 Å². The quantitative estimate of drug-likeness (QED) is 0.107. The van der Waals surface area contributed by atoms with Gasteiger partial charge in [0.2, 0.25) is 0 Å². The molecule has 2 fully saturated rings. The first kappa shape index (κ1) is 40.5. The molecule has 4 heterocycles. The van der Waals surface area contributed by atoms with Crippen molar-refractivity contribution in [2.45, 2.75) is 90.1 Å². The number of anilines is 1. The van der Waals surface area contributed by atoms with Crippen LogP contribution in [0.4, 0.5) is 10.2 Å². The van der Waals surface area contributed by atoms with Gasteiger partial charge in [0.05, 0.1) is 36.2 Å². The third-order valence-corrected chi connectivity index (χ3v) is 11.4. The molecule has 0 spiro atoms. The molecule has 3 aliphatic rings. The molecule has 2 atom stereocenters. The number of nitrogens with zero attached hydrogens (tertiary/aromatic N) is 7. The molecule has 7 rings (SSSR count). The van der Waals surface area contributed by atoms with Gasteiger partial charge in [-0.05, 0) is 77.0 Å². The van der Waals surface area contributed by atoms with Crippen molar-refractivity contribution in [3.63, 3.8) is 0 Å². The number of rotatable bonds is 17. The predicted octanol–water partition coefficient (Wildman–Crippen LogP) is 7.57. The average molecular weight is 780 g/mol. The van der Waals surface area contributed by atoms with Gasteiger partial charge in [-0.1, -0.05) is 43.2 Å². The monoisotopic (exact) mass is 779 g/mol. The normalized spacial score (nSPS) is 18.1. The van der Waals surface area contributed by atoms with Gasteiger partial charge in [0, 0.05) is 76.3 Å². The number of amides is 1. The Kier molecular flexibility index (Phi) is 13.3. The van der Waals surface area contributed by atoms with Crippen molar-refractivity contribution in [3.8, 4) is 17.2 Å². The Morgan fingerprint density at radius 3 is 2.47 bits per heavy atom. The molecule has 11 nitrogen and oxygen atoms in total. The van der Waals surface area contributed by atoms with Crippen LogP contribution in [-0.4, -0.2) is 107 Å². The van der Waals surface area contributed by atoms with E-state index in [0.29, 0.717) is 43.7 Å². The summed E-state index contributed by atoms with van der Waals surface area (Å²) >= 11 is 0. The SMILES string of the molecule is CCN(C(=O)c1cc(F)ccc1Oc1cncnc1N1CCC(Oc2ccnc3c2C(C(CC2CC2)OCCN(C)C)N(Cc2ccccc2)CC3)CC1)C(C)C. The fraction of sp³-hybridized carbons (Fsp3) is 0.511. The number of carbonyl (C=O) groups excluding carboxylic acids is 1. The van der Waals surface area contributed by atoms with E-state index < -0.39 is 5.82 Å². The van der Waals surface area contributed by atoms with Crippen LogP contribution in [0.15, 0.2) is 73.3 Å². The summed E-state index contributed by atoms with van der Waals surface area (Å²) < 4.78 is 34.7. The lowest BCUT2D eigenvalue weighted by molar-refractivity contribution is -0.0356. The third-order valence-electron chi connectivity index (χ3n) is 11.4. The molecule has 0 radical (unpaired) electrons. The maximum atomic E-state index is 14.5. The van der Waals surface area contributed by atoms with Crippen LogP contribution in [0.1, 0.15) is 86.1 Å². The molecule has 1 saturated heterocycles. The summed E-state index contributed by atoms with van der Waals surface area (Å²) in [6, 6.07) is 16.8. The summed E-state index contributed by atoms with van der Waals surface area (Å²) in [7, 11) is 4.18. The van der Waals surface area contributed by atoms with Crippen LogP contribution in [0.25, 0.3) is 0 Å². The van der Waals surface area contributed by atoms with E-state index in [4.69, 9.17) is 19.2 Å². The van der Waals surface area contributed by atoms with Crippen molar-refractivity contribution >= 4 is 11.7 Å². The summed E-state index contributed by atoms with van der Waals surface area (Å²) in [5.41, 5.74) is 3.73. The molecule has 57 heavy (non-hydrogen) atoms. The van der Waals surface area contributed by atoms with Gasteiger partial charge in [-0.25, -0.2) is 14.4 Å². The van der Waals surface area contributed by atoms with Crippen LogP contribution in [0.3, 0.4) is 0 Å². The van der Waals surface area contributed by atoms with Crippen LogP contribution in [0, 0.1) is 11.7 Å². The average Bonchev–Trinajstić information content (AvgIpc) is 4.03. The van der Waals surface area contributed by atoms with Crippen molar-refractivity contribution in [1.82, 2.24) is 29.7 Å². The maximum Gasteiger partial charge on any atom is 0.257 e. The Hall–Kier alpha value is -4.65. The molecule has 1 saturated carbocycles. The highest BCUT2D eigenvalue weighted by Gasteiger charge is 2.41. The van der Waals surface area contributed by atoms with Gasteiger partial charge < -0.3 is 28.9 Å². The minimum absolute atomic E-state index is 0.0157. The smallest absolute Gasteiger partial charge is 0.257 e. The zero-order valence-corrected chi connectivity index (χ0v) is 34.1. The molecule has 4 aromatic rings. The number of benzene rings is 2. The van der Waals surface area contributed by atoms with Crippen molar-refractivity contribution in [2.75, 3.05) is 58.3 Å². The van der Waals surface area contributed by atoms with Crippen molar-refractivity contribution < 1.29 is 23.4 Å². The number of hydrogen-bond donors (Lipinski definition) is 0. The second kappa shape index (κ2) is 18.7. The number of carbonyl (C=O) groups is 1. The number of likely N-dealkylation sites (N-methyl/N-ethyl adjacent to an activating group) is 1. The lowest BCUT2D eigenvalue weighted by Crippen LogP contribution is -2.44. The summed E-state index contributed by atoms with van der Waals surface area (Å²) in [6.07, 6.45) is 11.0. The number of piperidine rings is 1. The molecule has 1 amide bonds. The summed E-state index contributed by atoms with van der Waals surface area (Å²) in [6.45, 7) is 10.9. The van der Waals surface area contributed by atoms with Gasteiger partial charge in [0.1, 0.15) is 29.7 Å². The zero-order valence-electron chi connectivity index (χ0n) is 34.1. The molecular weight excluding hydrogens is 722 g/mol. The summed E-state index contributed by atoms with van der Waals surface area (Å²) in [4.78, 5) is 36.0. The summed E-state index contributed by atoms with van der Waals surface area (Å²) in [5.74, 6) is 2.10. The van der Waals surface area contributed by atoms with Crippen LogP contribution < -0.4 is 14.4 Å². The second-order valence-electron chi connectivity index (χ2n) is 16.2. The number of pyridine rings is 1. The first-order chi connectivity index (χ1) is 27.7. The summed E-state index contributed by atoms with van der Waals surface area (Å²) in [5, 5.41) is 0. The van der Waals surface area contributed by atoms with Crippen LogP contribution in [0.5, 0.6) is 17.2 Å². The van der Waals surface area contributed by atoms with Gasteiger partial charge in [-0.2, -0.15) is 0 Å². The minimum Gasteiger partial charge on any atom is -0.490 e. The Morgan fingerprint density at radius 1 is 0.965 bits per heavy atom. The molecule has 304 valence electrons. The van der Waals surface area contributed by atoms with Crippen LogP contribution in [0.2, 0.25) is 0 Å².